The molecule has 2 nitrogen and oxygen atoms in total. The fourth-order valence-electron chi connectivity index (χ4n) is 0.957. The van der Waals surface area contributed by atoms with Crippen molar-refractivity contribution < 1.29 is 9.59 Å². The Bertz CT molecular complexity index is 172. The Labute approximate surface area is 88.6 Å². The van der Waals surface area contributed by atoms with E-state index in [1.54, 1.807) is 13.8 Å². The molecule has 0 heterocycles. The molecule has 76 valence electrons. The average molecular weight is 225 g/mol. The fourth-order valence-corrected chi connectivity index (χ4v) is 1.18. The first-order valence-corrected chi connectivity index (χ1v) is 5.09. The van der Waals surface area contributed by atoms with Crippen LogP contribution in [0.5, 0.6) is 0 Å². The van der Waals surface area contributed by atoms with Gasteiger partial charge in [0.2, 0.25) is 10.5 Å². The maximum atomic E-state index is 10.6. The number of carbonyl (C=O) groups excluding carboxylic acids is 2. The minimum Gasteiger partial charge on any atom is -0.281 e. The highest BCUT2D eigenvalue weighted by Crippen LogP contribution is 2.16. The Balaban J connectivity index is 3.56. The fraction of sp³-hybridized carbons (Fsp3) is 0.778. The number of carbonyl (C=O) groups is 2. The molecule has 2 atom stereocenters. The molecule has 0 aliphatic heterocycles. The van der Waals surface area contributed by atoms with Crippen LogP contribution in [0.2, 0.25) is 0 Å². The van der Waals surface area contributed by atoms with Crippen LogP contribution in [0, 0.1) is 11.8 Å². The highest BCUT2D eigenvalue weighted by Gasteiger charge is 2.13. The molecule has 0 fully saturated rings. The van der Waals surface area contributed by atoms with Crippen molar-refractivity contribution in [2.45, 2.75) is 33.1 Å². The van der Waals surface area contributed by atoms with Crippen molar-refractivity contribution in [2.24, 2.45) is 11.8 Å². The van der Waals surface area contributed by atoms with E-state index in [0.29, 0.717) is 0 Å². The van der Waals surface area contributed by atoms with Crippen molar-refractivity contribution in [3.8, 4) is 0 Å². The van der Waals surface area contributed by atoms with Crippen molar-refractivity contribution in [3.05, 3.63) is 0 Å². The van der Waals surface area contributed by atoms with Crippen molar-refractivity contribution in [1.29, 1.82) is 0 Å². The lowest BCUT2D eigenvalue weighted by Crippen LogP contribution is -2.07. The molecule has 0 aliphatic carbocycles. The maximum Gasteiger partial charge on any atom is 0.224 e. The standard InChI is InChI=1S/C9H14Cl2O2/c1-6(8(10)12)4-3-5-7(2)9(11)13/h6-7H,3-5H2,1-2H3. The van der Waals surface area contributed by atoms with E-state index in [4.69, 9.17) is 23.2 Å². The zero-order valence-electron chi connectivity index (χ0n) is 7.85. The first-order valence-electron chi connectivity index (χ1n) is 4.33. The van der Waals surface area contributed by atoms with Gasteiger partial charge in [0.05, 0.1) is 0 Å². The van der Waals surface area contributed by atoms with Gasteiger partial charge in [-0.05, 0) is 36.0 Å². The molecule has 0 saturated heterocycles. The normalized spacial score (nSPS) is 15.1. The summed E-state index contributed by atoms with van der Waals surface area (Å²) in [4.78, 5) is 21.3. The van der Waals surface area contributed by atoms with Crippen LogP contribution in [-0.2, 0) is 9.59 Å². The monoisotopic (exact) mass is 224 g/mol. The molecule has 13 heavy (non-hydrogen) atoms. The molecular formula is C9H14Cl2O2. The summed E-state index contributed by atoms with van der Waals surface area (Å²) >= 11 is 10.5. The Morgan fingerprint density at radius 3 is 1.54 bits per heavy atom. The third kappa shape index (κ3) is 6.05. The first-order chi connectivity index (χ1) is 5.95. The summed E-state index contributed by atoms with van der Waals surface area (Å²) in [5.74, 6) is -0.251. The Kier molecular flexibility index (Phi) is 6.35. The van der Waals surface area contributed by atoms with Crippen molar-refractivity contribution >= 4 is 33.7 Å². The van der Waals surface area contributed by atoms with Crippen molar-refractivity contribution in [3.63, 3.8) is 0 Å². The van der Waals surface area contributed by atoms with Crippen LogP contribution < -0.4 is 0 Å². The quantitative estimate of drug-likeness (QED) is 0.651. The Morgan fingerprint density at radius 2 is 1.31 bits per heavy atom. The first kappa shape index (κ1) is 12.9. The molecule has 4 heteroatoms. The topological polar surface area (TPSA) is 34.1 Å². The molecule has 2 unspecified atom stereocenters. The lowest BCUT2D eigenvalue weighted by atomic mass is 10.0. The van der Waals surface area contributed by atoms with Crippen LogP contribution in [0.3, 0.4) is 0 Å². The van der Waals surface area contributed by atoms with E-state index in [2.05, 4.69) is 0 Å². The van der Waals surface area contributed by atoms with E-state index in [-0.39, 0.29) is 22.3 Å². The Hall–Kier alpha value is -0.0800. The third-order valence-electron chi connectivity index (χ3n) is 2.05. The predicted octanol–water partition coefficient (Wildman–Crippen LogP) is 2.96. The molecule has 0 rings (SSSR count). The van der Waals surface area contributed by atoms with E-state index in [9.17, 15) is 9.59 Å². The van der Waals surface area contributed by atoms with E-state index < -0.39 is 0 Å². The molecule has 0 aromatic carbocycles. The lowest BCUT2D eigenvalue weighted by Gasteiger charge is -2.07. The van der Waals surface area contributed by atoms with Gasteiger partial charge in [-0.3, -0.25) is 9.59 Å². The smallest absolute Gasteiger partial charge is 0.224 e. The molecule has 0 bridgehead atoms. The van der Waals surface area contributed by atoms with Gasteiger partial charge < -0.3 is 0 Å². The second-order valence-corrected chi connectivity index (χ2v) is 4.09. The van der Waals surface area contributed by atoms with Gasteiger partial charge in [-0.25, -0.2) is 0 Å². The summed E-state index contributed by atoms with van der Waals surface area (Å²) in [5, 5.41) is -0.630. The van der Waals surface area contributed by atoms with Crippen molar-refractivity contribution in [2.75, 3.05) is 0 Å². The lowest BCUT2D eigenvalue weighted by molar-refractivity contribution is -0.114. The number of hydrogen-bond donors (Lipinski definition) is 0. The van der Waals surface area contributed by atoms with E-state index in [1.807, 2.05) is 0 Å². The van der Waals surface area contributed by atoms with E-state index >= 15 is 0 Å². The zero-order valence-corrected chi connectivity index (χ0v) is 9.36. The summed E-state index contributed by atoms with van der Waals surface area (Å²) in [6.45, 7) is 3.56. The molecule has 0 aliphatic rings. The summed E-state index contributed by atoms with van der Waals surface area (Å²) in [5.41, 5.74) is 0. The third-order valence-corrected chi connectivity index (χ3v) is 2.79. The molecule has 0 aromatic heterocycles. The highest BCUT2D eigenvalue weighted by molar-refractivity contribution is 6.64. The van der Waals surface area contributed by atoms with Crippen molar-refractivity contribution in [1.82, 2.24) is 0 Å². The molecule has 0 N–H and O–H groups in total. The number of halogens is 2. The molecule has 0 radical (unpaired) electrons. The van der Waals surface area contributed by atoms with Gasteiger partial charge in [-0.1, -0.05) is 20.3 Å². The maximum absolute atomic E-state index is 10.6. The summed E-state index contributed by atoms with van der Waals surface area (Å²) in [6.07, 6.45) is 2.24. The van der Waals surface area contributed by atoms with Gasteiger partial charge in [0.1, 0.15) is 0 Å². The second kappa shape index (κ2) is 6.39. The van der Waals surface area contributed by atoms with Crippen LogP contribution in [0.4, 0.5) is 0 Å². The minimum absolute atomic E-state index is 0.126. The van der Waals surface area contributed by atoms with Gasteiger partial charge >= 0.3 is 0 Å². The van der Waals surface area contributed by atoms with Crippen LogP contribution >= 0.6 is 23.2 Å². The van der Waals surface area contributed by atoms with Crippen LogP contribution in [0.1, 0.15) is 33.1 Å². The van der Waals surface area contributed by atoms with Crippen LogP contribution in [0.25, 0.3) is 0 Å². The van der Waals surface area contributed by atoms with E-state index in [0.717, 1.165) is 19.3 Å². The average Bonchev–Trinajstić information content (AvgIpc) is 2.03. The molecular weight excluding hydrogens is 211 g/mol. The van der Waals surface area contributed by atoms with Gasteiger partial charge in [-0.2, -0.15) is 0 Å². The van der Waals surface area contributed by atoms with Crippen LogP contribution in [0.15, 0.2) is 0 Å². The van der Waals surface area contributed by atoms with Gasteiger partial charge in [0.15, 0.2) is 0 Å². The zero-order chi connectivity index (χ0) is 10.4. The largest absolute Gasteiger partial charge is 0.281 e. The summed E-state index contributed by atoms with van der Waals surface area (Å²) in [6, 6.07) is 0. The molecule has 0 saturated carbocycles. The minimum atomic E-state index is -0.315. The second-order valence-electron chi connectivity index (χ2n) is 3.34. The SMILES string of the molecule is CC(CCCC(C)C(=O)Cl)C(=O)Cl. The highest BCUT2D eigenvalue weighted by atomic mass is 35.5. The van der Waals surface area contributed by atoms with Crippen LogP contribution in [-0.4, -0.2) is 10.5 Å². The number of rotatable bonds is 6. The summed E-state index contributed by atoms with van der Waals surface area (Å²) < 4.78 is 0. The van der Waals surface area contributed by atoms with Gasteiger partial charge in [0.25, 0.3) is 0 Å². The van der Waals surface area contributed by atoms with Gasteiger partial charge in [-0.15, -0.1) is 0 Å². The van der Waals surface area contributed by atoms with E-state index in [1.165, 1.54) is 0 Å². The molecule has 0 aromatic rings. The molecule has 0 amide bonds. The van der Waals surface area contributed by atoms with Gasteiger partial charge in [0, 0.05) is 11.8 Å². The predicted molar refractivity (Wildman–Crippen MR) is 53.9 cm³/mol. The number of hydrogen-bond acceptors (Lipinski definition) is 2. The Morgan fingerprint density at radius 1 is 1.00 bits per heavy atom. The molecule has 0 spiro atoms. The summed E-state index contributed by atoms with van der Waals surface area (Å²) in [7, 11) is 0.